The van der Waals surface area contributed by atoms with Crippen LogP contribution in [-0.4, -0.2) is 41.0 Å². The average Bonchev–Trinajstić information content (AvgIpc) is 2.95. The summed E-state index contributed by atoms with van der Waals surface area (Å²) in [6.45, 7) is 0.768. The number of fused-ring (bicyclic) bond motifs is 1. The zero-order chi connectivity index (χ0) is 17.9. The molecular formula is C15H17ClN6O2S. The van der Waals surface area contributed by atoms with Gasteiger partial charge in [-0.1, -0.05) is 29.8 Å². The molecule has 3 rings (SSSR count). The third-order valence-corrected chi connectivity index (χ3v) is 4.56. The summed E-state index contributed by atoms with van der Waals surface area (Å²) in [4.78, 5) is 0. The fourth-order valence-corrected chi connectivity index (χ4v) is 2.93. The van der Waals surface area contributed by atoms with Crippen LogP contribution in [-0.2, 0) is 23.0 Å². The highest BCUT2D eigenvalue weighted by atomic mass is 35.5. The van der Waals surface area contributed by atoms with Gasteiger partial charge in [-0.3, -0.25) is 0 Å². The summed E-state index contributed by atoms with van der Waals surface area (Å²) in [7, 11) is -3.23. The molecule has 0 radical (unpaired) electrons. The first-order chi connectivity index (χ1) is 11.9. The molecule has 0 aliphatic rings. The number of rotatable bonds is 7. The minimum atomic E-state index is -3.23. The largest absolute Gasteiger partial charge is 0.364 e. The van der Waals surface area contributed by atoms with Gasteiger partial charge in [0.25, 0.3) is 0 Å². The molecule has 1 aromatic carbocycles. The fourth-order valence-electron chi connectivity index (χ4n) is 2.26. The number of hydrogen-bond donors (Lipinski definition) is 2. The zero-order valence-electron chi connectivity index (χ0n) is 13.5. The Balaban J connectivity index is 1.72. The van der Waals surface area contributed by atoms with Gasteiger partial charge in [0.1, 0.15) is 5.82 Å². The quantitative estimate of drug-likeness (QED) is 0.643. The Morgan fingerprint density at radius 3 is 2.72 bits per heavy atom. The van der Waals surface area contributed by atoms with Crippen LogP contribution in [0.4, 0.5) is 5.82 Å². The van der Waals surface area contributed by atoms with Crippen LogP contribution in [0.5, 0.6) is 0 Å². The molecule has 0 aliphatic carbocycles. The molecular weight excluding hydrogens is 364 g/mol. The van der Waals surface area contributed by atoms with Gasteiger partial charge in [0.2, 0.25) is 10.0 Å². The molecule has 3 aromatic rings. The Morgan fingerprint density at radius 2 is 1.96 bits per heavy atom. The van der Waals surface area contributed by atoms with Gasteiger partial charge in [-0.2, -0.15) is 4.52 Å². The Labute approximate surface area is 150 Å². The molecule has 0 aliphatic heterocycles. The highest BCUT2D eigenvalue weighted by molar-refractivity contribution is 7.88. The summed E-state index contributed by atoms with van der Waals surface area (Å²) in [6.07, 6.45) is 1.50. The SMILES string of the molecule is CS(=O)(=O)NCCc1nnc2ccc(NCc3ccccc3Cl)nn12. The van der Waals surface area contributed by atoms with E-state index < -0.39 is 10.0 Å². The van der Waals surface area contributed by atoms with Crippen molar-refractivity contribution in [2.75, 3.05) is 18.1 Å². The molecule has 0 atom stereocenters. The van der Waals surface area contributed by atoms with Crippen LogP contribution in [0, 0.1) is 0 Å². The lowest BCUT2D eigenvalue weighted by atomic mass is 10.2. The van der Waals surface area contributed by atoms with Crippen molar-refractivity contribution in [3.63, 3.8) is 0 Å². The van der Waals surface area contributed by atoms with Crippen LogP contribution in [0.1, 0.15) is 11.4 Å². The smallest absolute Gasteiger partial charge is 0.208 e. The fraction of sp³-hybridized carbons (Fsp3) is 0.267. The molecule has 8 nitrogen and oxygen atoms in total. The second-order valence-electron chi connectivity index (χ2n) is 5.47. The molecule has 25 heavy (non-hydrogen) atoms. The van der Waals surface area contributed by atoms with E-state index in [1.807, 2.05) is 24.3 Å². The number of hydrogen-bond acceptors (Lipinski definition) is 6. The number of benzene rings is 1. The predicted octanol–water partition coefficient (Wildman–Crippen LogP) is 1.48. The van der Waals surface area contributed by atoms with E-state index in [1.54, 1.807) is 16.6 Å². The van der Waals surface area contributed by atoms with E-state index in [9.17, 15) is 8.42 Å². The molecule has 132 valence electrons. The van der Waals surface area contributed by atoms with E-state index in [1.165, 1.54) is 0 Å². The predicted molar refractivity (Wildman–Crippen MR) is 96.1 cm³/mol. The second-order valence-corrected chi connectivity index (χ2v) is 7.71. The van der Waals surface area contributed by atoms with Gasteiger partial charge in [-0.15, -0.1) is 15.3 Å². The van der Waals surface area contributed by atoms with E-state index in [4.69, 9.17) is 11.6 Å². The first-order valence-corrected chi connectivity index (χ1v) is 9.82. The van der Waals surface area contributed by atoms with E-state index in [0.29, 0.717) is 35.3 Å². The number of aromatic nitrogens is 4. The highest BCUT2D eigenvalue weighted by Gasteiger charge is 2.09. The molecule has 0 fully saturated rings. The molecule has 2 N–H and O–H groups in total. The van der Waals surface area contributed by atoms with Gasteiger partial charge in [0, 0.05) is 24.5 Å². The van der Waals surface area contributed by atoms with Crippen LogP contribution < -0.4 is 10.0 Å². The van der Waals surface area contributed by atoms with E-state index in [2.05, 4.69) is 25.3 Å². The minimum Gasteiger partial charge on any atom is -0.364 e. The zero-order valence-corrected chi connectivity index (χ0v) is 15.0. The third-order valence-electron chi connectivity index (χ3n) is 3.46. The molecule has 0 bridgehead atoms. The molecule has 0 saturated carbocycles. The Morgan fingerprint density at radius 1 is 1.16 bits per heavy atom. The summed E-state index contributed by atoms with van der Waals surface area (Å²) in [5.74, 6) is 1.22. The van der Waals surface area contributed by atoms with Gasteiger partial charge >= 0.3 is 0 Å². The summed E-state index contributed by atoms with van der Waals surface area (Å²) in [5, 5.41) is 16.4. The van der Waals surface area contributed by atoms with Crippen molar-refractivity contribution in [3.05, 3.63) is 52.8 Å². The Bertz CT molecular complexity index is 989. The maximum Gasteiger partial charge on any atom is 0.208 e. The number of nitrogens with one attached hydrogen (secondary N) is 2. The Hall–Kier alpha value is -2.23. The number of sulfonamides is 1. The summed E-state index contributed by atoms with van der Waals surface area (Å²) in [6, 6.07) is 11.2. The summed E-state index contributed by atoms with van der Waals surface area (Å²) in [5.41, 5.74) is 1.56. The number of halogens is 1. The standard InChI is InChI=1S/C15H17ClN6O2S/c1-25(23,24)18-9-8-15-20-19-14-7-6-13(21-22(14)15)17-10-11-4-2-3-5-12(11)16/h2-7,18H,8-10H2,1H3,(H,17,21). The van der Waals surface area contributed by atoms with E-state index >= 15 is 0 Å². The average molecular weight is 381 g/mol. The van der Waals surface area contributed by atoms with Gasteiger partial charge in [-0.25, -0.2) is 13.1 Å². The van der Waals surface area contributed by atoms with Crippen molar-refractivity contribution in [2.45, 2.75) is 13.0 Å². The van der Waals surface area contributed by atoms with Crippen LogP contribution in [0.2, 0.25) is 5.02 Å². The monoisotopic (exact) mass is 380 g/mol. The first-order valence-electron chi connectivity index (χ1n) is 7.55. The lowest BCUT2D eigenvalue weighted by molar-refractivity contribution is 0.586. The molecule has 0 saturated heterocycles. The highest BCUT2D eigenvalue weighted by Crippen LogP contribution is 2.16. The van der Waals surface area contributed by atoms with Gasteiger partial charge in [-0.05, 0) is 23.8 Å². The van der Waals surface area contributed by atoms with Gasteiger partial charge < -0.3 is 5.32 Å². The number of anilines is 1. The van der Waals surface area contributed by atoms with Crippen molar-refractivity contribution in [2.24, 2.45) is 0 Å². The Kier molecular flexibility index (Phi) is 5.16. The summed E-state index contributed by atoms with van der Waals surface area (Å²) >= 11 is 6.15. The number of nitrogens with zero attached hydrogens (tertiary/aromatic N) is 4. The normalized spacial score (nSPS) is 11.8. The maximum atomic E-state index is 11.1. The minimum absolute atomic E-state index is 0.235. The van der Waals surface area contributed by atoms with Crippen molar-refractivity contribution < 1.29 is 8.42 Å². The van der Waals surface area contributed by atoms with E-state index in [-0.39, 0.29) is 6.54 Å². The van der Waals surface area contributed by atoms with Crippen molar-refractivity contribution in [1.29, 1.82) is 0 Å². The molecule has 0 amide bonds. The molecule has 2 aromatic heterocycles. The van der Waals surface area contributed by atoms with Crippen molar-refractivity contribution >= 4 is 33.1 Å². The lowest BCUT2D eigenvalue weighted by Crippen LogP contribution is -2.25. The van der Waals surface area contributed by atoms with Crippen molar-refractivity contribution in [1.82, 2.24) is 24.5 Å². The molecule has 2 heterocycles. The van der Waals surface area contributed by atoms with Crippen LogP contribution in [0.25, 0.3) is 5.65 Å². The first kappa shape index (κ1) is 17.6. The second kappa shape index (κ2) is 7.34. The lowest BCUT2D eigenvalue weighted by Gasteiger charge is -2.08. The molecule has 0 spiro atoms. The molecule has 10 heteroatoms. The maximum absolute atomic E-state index is 11.1. The summed E-state index contributed by atoms with van der Waals surface area (Å²) < 4.78 is 26.3. The van der Waals surface area contributed by atoms with Gasteiger partial charge in [0.05, 0.1) is 6.26 Å². The van der Waals surface area contributed by atoms with E-state index in [0.717, 1.165) is 11.8 Å². The van der Waals surface area contributed by atoms with Gasteiger partial charge in [0.15, 0.2) is 11.5 Å². The van der Waals surface area contributed by atoms with Crippen LogP contribution in [0.15, 0.2) is 36.4 Å². The topological polar surface area (TPSA) is 101 Å². The van der Waals surface area contributed by atoms with Crippen molar-refractivity contribution in [3.8, 4) is 0 Å². The molecule has 0 unspecified atom stereocenters. The van der Waals surface area contributed by atoms with Crippen LogP contribution in [0.3, 0.4) is 0 Å². The van der Waals surface area contributed by atoms with Crippen LogP contribution >= 0.6 is 11.6 Å². The third kappa shape index (κ3) is 4.65.